The largest absolute Gasteiger partial charge is 0.335 e. The summed E-state index contributed by atoms with van der Waals surface area (Å²) in [6.45, 7) is 0. The average molecular weight is 398 g/mol. The first-order valence-corrected chi connectivity index (χ1v) is 11.1. The van der Waals surface area contributed by atoms with Gasteiger partial charge in [-0.1, -0.05) is 24.3 Å². The predicted octanol–water partition coefficient (Wildman–Crippen LogP) is 2.71. The highest BCUT2D eigenvalue weighted by atomic mass is 32.2. The van der Waals surface area contributed by atoms with Crippen molar-refractivity contribution in [2.75, 3.05) is 10.1 Å². The van der Waals surface area contributed by atoms with Crippen LogP contribution in [-0.2, 0) is 14.8 Å². The number of benzene rings is 2. The molecule has 2 fully saturated rings. The van der Waals surface area contributed by atoms with E-state index in [4.69, 9.17) is 0 Å². The molecule has 1 heterocycles. The summed E-state index contributed by atoms with van der Waals surface area (Å²) in [5, 5.41) is 2.76. The van der Waals surface area contributed by atoms with E-state index < -0.39 is 10.0 Å². The molecule has 1 aliphatic heterocycles. The molecule has 28 heavy (non-hydrogen) atoms. The first-order valence-electron chi connectivity index (χ1n) is 9.57. The van der Waals surface area contributed by atoms with E-state index in [1.54, 1.807) is 6.07 Å². The summed E-state index contributed by atoms with van der Waals surface area (Å²) in [7, 11) is -3.28. The number of amides is 1. The Hall–Kier alpha value is -2.58. The molecular formula is C20H22N4O3S. The molecule has 2 aromatic rings. The number of sulfonamides is 1. The fraction of sp³-hybridized carbons (Fsp3) is 0.350. The van der Waals surface area contributed by atoms with Crippen molar-refractivity contribution in [3.05, 3.63) is 48.0 Å². The Morgan fingerprint density at radius 2 is 1.79 bits per heavy atom. The van der Waals surface area contributed by atoms with Crippen LogP contribution in [0.4, 0.5) is 11.4 Å². The molecule has 0 spiro atoms. The van der Waals surface area contributed by atoms with Gasteiger partial charge in [0.25, 0.3) is 0 Å². The molecule has 4 N–H and O–H groups in total. The molecule has 2 saturated carbocycles. The van der Waals surface area contributed by atoms with Crippen LogP contribution in [0.1, 0.15) is 37.4 Å². The van der Waals surface area contributed by atoms with Crippen molar-refractivity contribution in [3.8, 4) is 11.1 Å². The van der Waals surface area contributed by atoms with Gasteiger partial charge in [-0.25, -0.2) is 13.8 Å². The molecule has 2 aromatic carbocycles. The summed E-state index contributed by atoms with van der Waals surface area (Å²) in [4.78, 5) is 12.0. The minimum Gasteiger partial charge on any atom is -0.335 e. The van der Waals surface area contributed by atoms with Crippen LogP contribution in [0.2, 0.25) is 0 Å². The lowest BCUT2D eigenvalue weighted by Gasteiger charge is -2.13. The van der Waals surface area contributed by atoms with E-state index in [1.807, 2.05) is 36.4 Å². The van der Waals surface area contributed by atoms with Gasteiger partial charge in [0, 0.05) is 17.2 Å². The molecule has 0 bridgehead atoms. The fourth-order valence-corrected chi connectivity index (χ4v) is 4.81. The quantitative estimate of drug-likeness (QED) is 0.600. The van der Waals surface area contributed by atoms with Crippen molar-refractivity contribution in [2.45, 2.75) is 37.1 Å². The van der Waals surface area contributed by atoms with E-state index in [0.717, 1.165) is 48.1 Å². The predicted molar refractivity (Wildman–Crippen MR) is 108 cm³/mol. The smallest absolute Gasteiger partial charge is 0.235 e. The first kappa shape index (κ1) is 17.5. The Bertz CT molecular complexity index is 1050. The highest BCUT2D eigenvalue weighted by Crippen LogP contribution is 2.35. The van der Waals surface area contributed by atoms with E-state index in [2.05, 4.69) is 20.9 Å². The Morgan fingerprint density at radius 3 is 2.54 bits per heavy atom. The van der Waals surface area contributed by atoms with Crippen molar-refractivity contribution in [3.63, 3.8) is 0 Å². The maximum Gasteiger partial charge on any atom is 0.235 e. The molecule has 7 nitrogen and oxygen atoms in total. The molecule has 0 saturated heterocycles. The van der Waals surface area contributed by atoms with Gasteiger partial charge in [-0.05, 0) is 55.0 Å². The third-order valence-electron chi connectivity index (χ3n) is 5.37. The minimum atomic E-state index is -3.28. The topological polar surface area (TPSA) is 99.3 Å². The van der Waals surface area contributed by atoms with Crippen molar-refractivity contribution >= 4 is 27.3 Å². The van der Waals surface area contributed by atoms with Crippen molar-refractivity contribution in [1.82, 2.24) is 10.7 Å². The zero-order chi connectivity index (χ0) is 19.3. The van der Waals surface area contributed by atoms with Gasteiger partial charge in [-0.3, -0.25) is 9.52 Å². The van der Waals surface area contributed by atoms with Gasteiger partial charge in [-0.2, -0.15) is 0 Å². The fourth-order valence-electron chi connectivity index (χ4n) is 3.43. The summed E-state index contributed by atoms with van der Waals surface area (Å²) in [5.74, 6) is 0.249. The normalized spacial score (nSPS) is 20.9. The van der Waals surface area contributed by atoms with E-state index in [9.17, 15) is 13.2 Å². The van der Waals surface area contributed by atoms with Gasteiger partial charge in [0.15, 0.2) is 0 Å². The zero-order valence-electron chi connectivity index (χ0n) is 15.2. The number of carbonyl (C=O) groups excluding carboxylic acids is 1. The number of fused-ring (bicyclic) bond motifs is 1. The minimum absolute atomic E-state index is 0.0897. The Balaban J connectivity index is 1.36. The Labute approximate surface area is 163 Å². The molecular weight excluding hydrogens is 376 g/mol. The van der Waals surface area contributed by atoms with Crippen LogP contribution in [-0.4, -0.2) is 19.6 Å². The van der Waals surface area contributed by atoms with Gasteiger partial charge in [0.05, 0.1) is 10.9 Å². The summed E-state index contributed by atoms with van der Waals surface area (Å²) >= 11 is 0. The van der Waals surface area contributed by atoms with E-state index >= 15 is 0 Å². The molecule has 2 aliphatic carbocycles. The molecule has 146 valence electrons. The van der Waals surface area contributed by atoms with Crippen molar-refractivity contribution < 1.29 is 13.2 Å². The number of hydrogen-bond acceptors (Lipinski definition) is 5. The third-order valence-corrected chi connectivity index (χ3v) is 7.24. The Morgan fingerprint density at radius 1 is 1.00 bits per heavy atom. The van der Waals surface area contributed by atoms with Crippen LogP contribution in [0.15, 0.2) is 42.5 Å². The lowest BCUT2D eigenvalue weighted by Crippen LogP contribution is -2.36. The van der Waals surface area contributed by atoms with Crippen molar-refractivity contribution in [1.29, 1.82) is 0 Å². The number of hydrazine groups is 1. The van der Waals surface area contributed by atoms with Gasteiger partial charge < -0.3 is 10.7 Å². The molecule has 0 unspecified atom stereocenters. The molecule has 0 radical (unpaired) electrons. The highest BCUT2D eigenvalue weighted by molar-refractivity contribution is 7.93. The van der Waals surface area contributed by atoms with E-state index in [-0.39, 0.29) is 23.2 Å². The molecule has 5 rings (SSSR count). The number of carbonyl (C=O) groups is 1. The van der Waals surface area contributed by atoms with Gasteiger partial charge in [0.2, 0.25) is 15.9 Å². The van der Waals surface area contributed by atoms with Crippen LogP contribution in [0.25, 0.3) is 11.1 Å². The van der Waals surface area contributed by atoms with Crippen LogP contribution < -0.4 is 20.9 Å². The third kappa shape index (κ3) is 3.45. The Kier molecular flexibility index (Phi) is 4.06. The summed E-state index contributed by atoms with van der Waals surface area (Å²) in [6, 6.07) is 13.4. The summed E-state index contributed by atoms with van der Waals surface area (Å²) < 4.78 is 27.0. The average Bonchev–Trinajstić information content (AvgIpc) is 3.58. The summed E-state index contributed by atoms with van der Waals surface area (Å²) in [5.41, 5.74) is 10.6. The summed E-state index contributed by atoms with van der Waals surface area (Å²) in [6.07, 6.45) is 3.17. The highest BCUT2D eigenvalue weighted by Gasteiger charge is 2.36. The van der Waals surface area contributed by atoms with Crippen LogP contribution >= 0.6 is 0 Å². The van der Waals surface area contributed by atoms with Gasteiger partial charge >= 0.3 is 0 Å². The second kappa shape index (κ2) is 6.49. The van der Waals surface area contributed by atoms with Crippen LogP contribution in [0.3, 0.4) is 0 Å². The van der Waals surface area contributed by atoms with Gasteiger partial charge in [0.1, 0.15) is 6.17 Å². The molecule has 0 aromatic heterocycles. The molecule has 3 aliphatic rings. The monoisotopic (exact) mass is 398 g/mol. The van der Waals surface area contributed by atoms with E-state index in [1.165, 1.54) is 0 Å². The molecule has 1 amide bonds. The van der Waals surface area contributed by atoms with Crippen molar-refractivity contribution in [2.24, 2.45) is 5.92 Å². The second-order valence-corrected chi connectivity index (χ2v) is 9.68. The molecule has 8 heteroatoms. The standard InChI is InChI=1S/C20H22N4O3S/c25-20(12-4-5-12)21-19-17-9-6-14(11-18(17)22-23-19)13-2-1-3-15(10-13)24-28(26,27)16-7-8-16/h1-3,6,9-12,16,19,22-24H,4-5,7-8H2,(H,21,25)/t19-/m1/s1. The second-order valence-electron chi connectivity index (χ2n) is 7.71. The lowest BCUT2D eigenvalue weighted by atomic mass is 10.0. The first-order chi connectivity index (χ1) is 13.5. The van der Waals surface area contributed by atoms with E-state index in [0.29, 0.717) is 5.69 Å². The van der Waals surface area contributed by atoms with Crippen LogP contribution in [0.5, 0.6) is 0 Å². The van der Waals surface area contributed by atoms with Crippen LogP contribution in [0, 0.1) is 5.92 Å². The molecule has 1 atom stereocenters. The zero-order valence-corrected chi connectivity index (χ0v) is 16.1. The number of rotatable bonds is 6. The number of anilines is 2. The maximum atomic E-state index is 12.2. The lowest BCUT2D eigenvalue weighted by molar-refractivity contribution is -0.123. The number of hydrogen-bond donors (Lipinski definition) is 4. The SMILES string of the molecule is O=C(N[C@@H]1NNc2cc(-c3cccc(NS(=O)(=O)C4CC4)c3)ccc21)C1CC1. The van der Waals surface area contributed by atoms with Gasteiger partial charge in [-0.15, -0.1) is 0 Å². The maximum absolute atomic E-state index is 12.2. The number of nitrogens with one attached hydrogen (secondary N) is 4.